The van der Waals surface area contributed by atoms with Crippen molar-refractivity contribution in [2.24, 2.45) is 0 Å². The minimum atomic E-state index is 0. The predicted molar refractivity (Wildman–Crippen MR) is 60.7 cm³/mol. The second kappa shape index (κ2) is 6.04. The van der Waals surface area contributed by atoms with Gasteiger partial charge in [0.25, 0.3) is 0 Å². The van der Waals surface area contributed by atoms with Crippen molar-refractivity contribution < 1.29 is 4.79 Å². The highest BCUT2D eigenvalue weighted by molar-refractivity contribution is 5.93. The Morgan fingerprint density at radius 3 is 2.07 bits per heavy atom. The van der Waals surface area contributed by atoms with Gasteiger partial charge in [-0.25, -0.2) is 0 Å². The summed E-state index contributed by atoms with van der Waals surface area (Å²) in [5, 5.41) is 3.23. The average Bonchev–Trinajstić information content (AvgIpc) is 2.17. The number of amides is 1. The summed E-state index contributed by atoms with van der Waals surface area (Å²) >= 11 is 0. The van der Waals surface area contributed by atoms with Crippen LogP contribution in [-0.4, -0.2) is 37.0 Å². The lowest BCUT2D eigenvalue weighted by Gasteiger charge is -2.28. The molecule has 1 rings (SSSR count). The van der Waals surface area contributed by atoms with Gasteiger partial charge in [-0.2, -0.15) is 0 Å². The lowest BCUT2D eigenvalue weighted by atomic mass is 10.1. The van der Waals surface area contributed by atoms with Gasteiger partial charge in [-0.05, 0) is 20.8 Å². The monoisotopic (exact) mass is 218 g/mol. The largest absolute Gasteiger partial charge is 0.336 e. The van der Waals surface area contributed by atoms with Gasteiger partial charge in [-0.1, -0.05) is 5.57 Å². The minimum Gasteiger partial charge on any atom is -0.336 e. The van der Waals surface area contributed by atoms with Crippen LogP contribution >= 0.6 is 12.4 Å². The van der Waals surface area contributed by atoms with Gasteiger partial charge in [0.2, 0.25) is 5.91 Å². The molecule has 0 aromatic rings. The van der Waals surface area contributed by atoms with E-state index in [0.717, 1.165) is 37.3 Å². The third kappa shape index (κ3) is 3.31. The molecule has 1 aliphatic heterocycles. The summed E-state index contributed by atoms with van der Waals surface area (Å²) in [6.45, 7) is 9.38. The molecule has 3 nitrogen and oxygen atoms in total. The van der Waals surface area contributed by atoms with Crippen LogP contribution in [0.1, 0.15) is 20.8 Å². The van der Waals surface area contributed by atoms with Gasteiger partial charge in [-0.3, -0.25) is 4.79 Å². The zero-order valence-corrected chi connectivity index (χ0v) is 9.91. The zero-order chi connectivity index (χ0) is 9.84. The van der Waals surface area contributed by atoms with Crippen LogP contribution in [0.3, 0.4) is 0 Å². The predicted octanol–water partition coefficient (Wildman–Crippen LogP) is 1.20. The molecule has 0 aromatic carbocycles. The SMILES string of the molecule is CC(C)=C(C)C(=O)N1CCNCC1.Cl. The van der Waals surface area contributed by atoms with Crippen LogP contribution in [0.2, 0.25) is 0 Å². The van der Waals surface area contributed by atoms with Crippen molar-refractivity contribution in [1.82, 2.24) is 10.2 Å². The molecule has 0 spiro atoms. The van der Waals surface area contributed by atoms with Gasteiger partial charge in [-0.15, -0.1) is 12.4 Å². The molecule has 0 radical (unpaired) electrons. The fourth-order valence-electron chi connectivity index (χ4n) is 1.32. The van der Waals surface area contributed by atoms with Crippen molar-refractivity contribution in [1.29, 1.82) is 0 Å². The van der Waals surface area contributed by atoms with Crippen molar-refractivity contribution in [2.45, 2.75) is 20.8 Å². The van der Waals surface area contributed by atoms with E-state index in [9.17, 15) is 4.79 Å². The van der Waals surface area contributed by atoms with Gasteiger partial charge < -0.3 is 10.2 Å². The Labute approximate surface area is 92.0 Å². The summed E-state index contributed by atoms with van der Waals surface area (Å²) in [6.07, 6.45) is 0. The zero-order valence-electron chi connectivity index (χ0n) is 9.09. The molecule has 0 bridgehead atoms. The number of hydrogen-bond acceptors (Lipinski definition) is 2. The quantitative estimate of drug-likeness (QED) is 0.671. The molecule has 1 heterocycles. The Hall–Kier alpha value is -0.540. The first-order valence-corrected chi connectivity index (χ1v) is 4.77. The highest BCUT2D eigenvalue weighted by atomic mass is 35.5. The van der Waals surface area contributed by atoms with Crippen molar-refractivity contribution in [2.75, 3.05) is 26.2 Å². The second-order valence-electron chi connectivity index (χ2n) is 3.67. The molecule has 0 atom stereocenters. The standard InChI is InChI=1S/C10H18N2O.ClH/c1-8(2)9(3)10(13)12-6-4-11-5-7-12;/h11H,4-7H2,1-3H3;1H. The third-order valence-corrected chi connectivity index (χ3v) is 2.48. The molecule has 0 saturated carbocycles. The molecule has 4 heteroatoms. The van der Waals surface area contributed by atoms with E-state index >= 15 is 0 Å². The Morgan fingerprint density at radius 2 is 1.64 bits per heavy atom. The van der Waals surface area contributed by atoms with Crippen LogP contribution in [-0.2, 0) is 4.79 Å². The van der Waals surface area contributed by atoms with Crippen molar-refractivity contribution in [3.05, 3.63) is 11.1 Å². The normalized spacial score (nSPS) is 15.8. The Balaban J connectivity index is 0.00000169. The maximum Gasteiger partial charge on any atom is 0.249 e. The number of carbonyl (C=O) groups is 1. The minimum absolute atomic E-state index is 0. The first kappa shape index (κ1) is 13.5. The first-order chi connectivity index (χ1) is 6.13. The Kier molecular flexibility index (Phi) is 5.81. The highest BCUT2D eigenvalue weighted by Crippen LogP contribution is 2.07. The summed E-state index contributed by atoms with van der Waals surface area (Å²) in [5.74, 6) is 0.196. The molecule has 82 valence electrons. The van der Waals surface area contributed by atoms with Crippen molar-refractivity contribution in [3.8, 4) is 0 Å². The molecule has 1 saturated heterocycles. The molecule has 1 fully saturated rings. The molecule has 1 amide bonds. The number of nitrogens with one attached hydrogen (secondary N) is 1. The lowest BCUT2D eigenvalue weighted by Crippen LogP contribution is -2.46. The van der Waals surface area contributed by atoms with E-state index in [4.69, 9.17) is 0 Å². The van der Waals surface area contributed by atoms with E-state index in [-0.39, 0.29) is 18.3 Å². The highest BCUT2D eigenvalue weighted by Gasteiger charge is 2.17. The van der Waals surface area contributed by atoms with E-state index in [1.54, 1.807) is 0 Å². The summed E-state index contributed by atoms with van der Waals surface area (Å²) < 4.78 is 0. The third-order valence-electron chi connectivity index (χ3n) is 2.48. The number of carbonyl (C=O) groups excluding carboxylic acids is 1. The molecular weight excluding hydrogens is 200 g/mol. The first-order valence-electron chi connectivity index (χ1n) is 4.77. The van der Waals surface area contributed by atoms with Crippen LogP contribution in [0.15, 0.2) is 11.1 Å². The van der Waals surface area contributed by atoms with E-state index in [2.05, 4.69) is 5.32 Å². The maximum absolute atomic E-state index is 11.8. The van der Waals surface area contributed by atoms with Crippen LogP contribution in [0.5, 0.6) is 0 Å². The summed E-state index contributed by atoms with van der Waals surface area (Å²) in [4.78, 5) is 13.7. The van der Waals surface area contributed by atoms with Crippen LogP contribution < -0.4 is 5.32 Å². The fraction of sp³-hybridized carbons (Fsp3) is 0.700. The van der Waals surface area contributed by atoms with E-state index in [0.29, 0.717) is 0 Å². The molecule has 0 aliphatic carbocycles. The van der Waals surface area contributed by atoms with Gasteiger partial charge in [0.05, 0.1) is 0 Å². The Bertz CT molecular complexity index is 228. The summed E-state index contributed by atoms with van der Waals surface area (Å²) in [7, 11) is 0. The number of piperazine rings is 1. The van der Waals surface area contributed by atoms with E-state index in [1.165, 1.54) is 0 Å². The molecular formula is C10H19ClN2O. The average molecular weight is 219 g/mol. The van der Waals surface area contributed by atoms with Gasteiger partial charge in [0.1, 0.15) is 0 Å². The van der Waals surface area contributed by atoms with Crippen LogP contribution in [0.4, 0.5) is 0 Å². The Morgan fingerprint density at radius 1 is 1.14 bits per heavy atom. The van der Waals surface area contributed by atoms with Crippen LogP contribution in [0, 0.1) is 0 Å². The second-order valence-corrected chi connectivity index (χ2v) is 3.67. The van der Waals surface area contributed by atoms with Crippen molar-refractivity contribution in [3.63, 3.8) is 0 Å². The molecule has 1 N–H and O–H groups in total. The number of halogens is 1. The molecule has 14 heavy (non-hydrogen) atoms. The fourth-order valence-corrected chi connectivity index (χ4v) is 1.32. The van der Waals surface area contributed by atoms with Gasteiger partial charge in [0, 0.05) is 31.8 Å². The number of rotatable bonds is 1. The number of hydrogen-bond donors (Lipinski definition) is 1. The number of allylic oxidation sites excluding steroid dienone is 1. The molecule has 0 aromatic heterocycles. The smallest absolute Gasteiger partial charge is 0.249 e. The summed E-state index contributed by atoms with van der Waals surface area (Å²) in [5.41, 5.74) is 2.01. The summed E-state index contributed by atoms with van der Waals surface area (Å²) in [6, 6.07) is 0. The maximum atomic E-state index is 11.8. The number of nitrogens with zero attached hydrogens (tertiary/aromatic N) is 1. The lowest BCUT2D eigenvalue weighted by molar-refractivity contribution is -0.127. The molecule has 1 aliphatic rings. The van der Waals surface area contributed by atoms with E-state index in [1.807, 2.05) is 25.7 Å². The van der Waals surface area contributed by atoms with E-state index < -0.39 is 0 Å². The van der Waals surface area contributed by atoms with Gasteiger partial charge >= 0.3 is 0 Å². The topological polar surface area (TPSA) is 32.3 Å². The molecule has 0 unspecified atom stereocenters. The van der Waals surface area contributed by atoms with Crippen LogP contribution in [0.25, 0.3) is 0 Å². The van der Waals surface area contributed by atoms with Crippen molar-refractivity contribution >= 4 is 18.3 Å². The van der Waals surface area contributed by atoms with Gasteiger partial charge in [0.15, 0.2) is 0 Å².